The summed E-state index contributed by atoms with van der Waals surface area (Å²) in [6, 6.07) is 3.22. The van der Waals surface area contributed by atoms with Crippen LogP contribution in [0.3, 0.4) is 0 Å². The Morgan fingerprint density at radius 2 is 1.61 bits per heavy atom. The van der Waals surface area contributed by atoms with Gasteiger partial charge in [-0.1, -0.05) is 0 Å². The molecular formula is C17H26NO5+. The maximum absolute atomic E-state index is 12.2. The Labute approximate surface area is 137 Å². The Morgan fingerprint density at radius 3 is 2.13 bits per heavy atom. The fraction of sp³-hybridized carbons (Fsp3) is 0.588. The quantitative estimate of drug-likeness (QED) is 0.757. The van der Waals surface area contributed by atoms with Crippen LogP contribution >= 0.6 is 0 Å². The summed E-state index contributed by atoms with van der Waals surface area (Å²) >= 11 is 0. The van der Waals surface area contributed by atoms with Crippen LogP contribution in [0.4, 0.5) is 0 Å². The van der Waals surface area contributed by atoms with Crippen molar-refractivity contribution < 1.29 is 28.6 Å². The first-order valence-corrected chi connectivity index (χ1v) is 8.00. The summed E-state index contributed by atoms with van der Waals surface area (Å²) < 4.78 is 21.1. The maximum Gasteiger partial charge on any atom is 0.338 e. The van der Waals surface area contributed by atoms with Crippen LogP contribution in [0.25, 0.3) is 0 Å². The van der Waals surface area contributed by atoms with Crippen LogP contribution in [-0.4, -0.2) is 53.5 Å². The molecule has 0 atom stereocenters. The number of hydrogen-bond donors (Lipinski definition) is 1. The van der Waals surface area contributed by atoms with Crippen molar-refractivity contribution in [1.82, 2.24) is 0 Å². The number of nitrogens with one attached hydrogen (secondary N) is 1. The molecule has 6 nitrogen and oxygen atoms in total. The van der Waals surface area contributed by atoms with Crippen molar-refractivity contribution in [3.05, 3.63) is 17.7 Å². The van der Waals surface area contributed by atoms with Gasteiger partial charge in [0.25, 0.3) is 0 Å². The number of quaternary nitrogens is 1. The van der Waals surface area contributed by atoms with E-state index in [1.54, 1.807) is 12.1 Å². The van der Waals surface area contributed by atoms with E-state index in [4.69, 9.17) is 18.9 Å². The zero-order valence-electron chi connectivity index (χ0n) is 14.1. The van der Waals surface area contributed by atoms with Crippen LogP contribution in [0.15, 0.2) is 12.1 Å². The number of methoxy groups -OCH3 is 3. The molecule has 0 saturated carbocycles. The average Bonchev–Trinajstić information content (AvgIpc) is 2.61. The monoisotopic (exact) mass is 324 g/mol. The highest BCUT2D eigenvalue weighted by molar-refractivity contribution is 5.91. The molecule has 23 heavy (non-hydrogen) atoms. The third-order valence-electron chi connectivity index (χ3n) is 4.15. The first kappa shape index (κ1) is 17.4. The highest BCUT2D eigenvalue weighted by atomic mass is 16.5. The van der Waals surface area contributed by atoms with Gasteiger partial charge in [0.15, 0.2) is 11.5 Å². The van der Waals surface area contributed by atoms with Gasteiger partial charge in [0, 0.05) is 0 Å². The molecule has 0 spiro atoms. The van der Waals surface area contributed by atoms with Crippen LogP contribution in [0.2, 0.25) is 0 Å². The molecule has 0 radical (unpaired) electrons. The lowest BCUT2D eigenvalue weighted by Gasteiger charge is -2.23. The number of hydrogen-bond acceptors (Lipinski definition) is 5. The fourth-order valence-electron chi connectivity index (χ4n) is 2.87. The lowest BCUT2D eigenvalue weighted by Crippen LogP contribution is -3.13. The molecule has 1 fully saturated rings. The van der Waals surface area contributed by atoms with Crippen molar-refractivity contribution in [1.29, 1.82) is 0 Å². The third-order valence-corrected chi connectivity index (χ3v) is 4.15. The summed E-state index contributed by atoms with van der Waals surface area (Å²) in [6.07, 6.45) is 3.83. The summed E-state index contributed by atoms with van der Waals surface area (Å²) in [5.41, 5.74) is 0.396. The van der Waals surface area contributed by atoms with Crippen LogP contribution < -0.4 is 19.1 Å². The number of likely N-dealkylation sites (tertiary alicyclic amines) is 1. The van der Waals surface area contributed by atoms with Crippen LogP contribution in [0.5, 0.6) is 17.2 Å². The van der Waals surface area contributed by atoms with Crippen molar-refractivity contribution >= 4 is 5.97 Å². The average molecular weight is 324 g/mol. The van der Waals surface area contributed by atoms with Gasteiger partial charge in [-0.15, -0.1) is 0 Å². The molecule has 1 aromatic rings. The predicted molar refractivity (Wildman–Crippen MR) is 85.8 cm³/mol. The number of carbonyl (C=O) groups excluding carboxylic acids is 1. The number of carbonyl (C=O) groups is 1. The zero-order valence-corrected chi connectivity index (χ0v) is 14.1. The molecule has 0 aliphatic carbocycles. The van der Waals surface area contributed by atoms with Gasteiger partial charge in [-0.2, -0.15) is 0 Å². The van der Waals surface area contributed by atoms with Gasteiger partial charge in [0.05, 0.1) is 40.0 Å². The Hall–Kier alpha value is -1.95. The lowest BCUT2D eigenvalue weighted by atomic mass is 10.1. The van der Waals surface area contributed by atoms with E-state index in [1.807, 2.05) is 0 Å². The van der Waals surface area contributed by atoms with Gasteiger partial charge in [-0.25, -0.2) is 4.79 Å². The minimum Gasteiger partial charge on any atom is -0.493 e. The van der Waals surface area contributed by atoms with Gasteiger partial charge < -0.3 is 23.8 Å². The summed E-state index contributed by atoms with van der Waals surface area (Å²) in [7, 11) is 4.57. The van der Waals surface area contributed by atoms with Crippen molar-refractivity contribution in [3.8, 4) is 17.2 Å². The van der Waals surface area contributed by atoms with Gasteiger partial charge in [0.2, 0.25) is 5.75 Å². The minimum absolute atomic E-state index is 0.374. The molecule has 0 aromatic heterocycles. The van der Waals surface area contributed by atoms with E-state index in [0.717, 1.165) is 6.54 Å². The van der Waals surface area contributed by atoms with Crippen molar-refractivity contribution in [2.45, 2.75) is 19.3 Å². The normalized spacial score (nSPS) is 15.1. The van der Waals surface area contributed by atoms with E-state index in [9.17, 15) is 4.79 Å². The molecule has 1 aliphatic rings. The zero-order chi connectivity index (χ0) is 16.7. The third kappa shape index (κ3) is 4.51. The number of ether oxygens (including phenoxy) is 4. The van der Waals surface area contributed by atoms with E-state index in [-0.39, 0.29) is 5.97 Å². The largest absolute Gasteiger partial charge is 0.493 e. The van der Waals surface area contributed by atoms with E-state index < -0.39 is 0 Å². The SMILES string of the molecule is COc1cc(C(=O)OCC[NH+]2CCCCC2)cc(OC)c1OC. The highest BCUT2D eigenvalue weighted by Crippen LogP contribution is 2.38. The number of esters is 1. The number of piperidine rings is 1. The van der Waals surface area contributed by atoms with Crippen molar-refractivity contribution in [2.24, 2.45) is 0 Å². The van der Waals surface area contributed by atoms with Gasteiger partial charge in [-0.3, -0.25) is 0 Å². The predicted octanol–water partition coefficient (Wildman–Crippen LogP) is 0.938. The van der Waals surface area contributed by atoms with E-state index in [0.29, 0.717) is 29.4 Å². The van der Waals surface area contributed by atoms with Crippen LogP contribution in [0, 0.1) is 0 Å². The molecule has 0 bridgehead atoms. The smallest absolute Gasteiger partial charge is 0.338 e. The topological polar surface area (TPSA) is 58.4 Å². The Balaban J connectivity index is 1.98. The lowest BCUT2D eigenvalue weighted by molar-refractivity contribution is -0.905. The second-order valence-corrected chi connectivity index (χ2v) is 5.61. The first-order chi connectivity index (χ1) is 11.2. The second kappa shape index (κ2) is 8.62. The second-order valence-electron chi connectivity index (χ2n) is 5.61. The Kier molecular flexibility index (Phi) is 6.52. The van der Waals surface area contributed by atoms with E-state index in [2.05, 4.69) is 0 Å². The van der Waals surface area contributed by atoms with Crippen LogP contribution in [0.1, 0.15) is 29.6 Å². The molecule has 2 rings (SSSR count). The maximum atomic E-state index is 12.2. The van der Waals surface area contributed by atoms with E-state index >= 15 is 0 Å². The standard InChI is InChI=1S/C17H25NO5/c1-20-14-11-13(12-15(21-2)16(14)22-3)17(19)23-10-9-18-7-5-4-6-8-18/h11-12H,4-10H2,1-3H3/p+1. The summed E-state index contributed by atoms with van der Waals surface area (Å²) in [5.74, 6) is 0.978. The Bertz CT molecular complexity index is 501. The van der Waals surface area contributed by atoms with Crippen LogP contribution in [-0.2, 0) is 4.74 Å². The molecule has 0 amide bonds. The molecule has 0 unspecified atom stereocenters. The molecule has 6 heteroatoms. The van der Waals surface area contributed by atoms with Crippen molar-refractivity contribution in [3.63, 3.8) is 0 Å². The number of rotatable bonds is 7. The molecule has 1 N–H and O–H groups in total. The first-order valence-electron chi connectivity index (χ1n) is 8.00. The summed E-state index contributed by atoms with van der Waals surface area (Å²) in [6.45, 7) is 3.62. The molecular weight excluding hydrogens is 298 g/mol. The van der Waals surface area contributed by atoms with Gasteiger partial charge in [-0.05, 0) is 31.4 Å². The molecule has 1 heterocycles. The molecule has 128 valence electrons. The van der Waals surface area contributed by atoms with Crippen molar-refractivity contribution in [2.75, 3.05) is 47.6 Å². The fourth-order valence-corrected chi connectivity index (χ4v) is 2.87. The highest BCUT2D eigenvalue weighted by Gasteiger charge is 2.19. The van der Waals surface area contributed by atoms with Gasteiger partial charge in [0.1, 0.15) is 13.2 Å². The number of benzene rings is 1. The van der Waals surface area contributed by atoms with Gasteiger partial charge >= 0.3 is 5.97 Å². The van der Waals surface area contributed by atoms with E-state index in [1.165, 1.54) is 58.6 Å². The minimum atomic E-state index is -0.374. The molecule has 1 aromatic carbocycles. The summed E-state index contributed by atoms with van der Waals surface area (Å²) in [4.78, 5) is 13.7. The Morgan fingerprint density at radius 1 is 1.00 bits per heavy atom. The summed E-state index contributed by atoms with van der Waals surface area (Å²) in [5, 5.41) is 0. The molecule has 1 saturated heterocycles. The molecule has 1 aliphatic heterocycles.